The van der Waals surface area contributed by atoms with Crippen LogP contribution in [0.3, 0.4) is 0 Å². The van der Waals surface area contributed by atoms with Gasteiger partial charge in [0.25, 0.3) is 0 Å². The summed E-state index contributed by atoms with van der Waals surface area (Å²) in [4.78, 5) is 19.5. The fraction of sp³-hybridized carbons (Fsp3) is 0.667. The Morgan fingerprint density at radius 1 is 1.11 bits per heavy atom. The monoisotopic (exact) mass is 678 g/mol. The normalized spacial score (nSPS) is 22.9. The quantitative estimate of drug-likeness (QED) is 0.214. The van der Waals surface area contributed by atoms with E-state index in [2.05, 4.69) is 55.6 Å². The van der Waals surface area contributed by atoms with Crippen molar-refractivity contribution in [2.45, 2.75) is 89.5 Å². The van der Waals surface area contributed by atoms with Gasteiger partial charge in [-0.1, -0.05) is 38.4 Å². The van der Waals surface area contributed by atoms with Crippen molar-refractivity contribution in [1.29, 1.82) is 0 Å². The molecular weight excluding hydrogens is 633 g/mol. The third-order valence-corrected chi connectivity index (χ3v) is 15.0. The summed E-state index contributed by atoms with van der Waals surface area (Å²) in [5.74, 6) is 1.02. The molecule has 13 heteroatoms. The molecule has 3 atom stereocenters. The second kappa shape index (κ2) is 13.5. The predicted molar refractivity (Wildman–Crippen MR) is 178 cm³/mol. The zero-order chi connectivity index (χ0) is 33.4. The highest BCUT2D eigenvalue weighted by Crippen LogP contribution is 2.43. The van der Waals surface area contributed by atoms with E-state index in [1.807, 2.05) is 0 Å². The molecule has 0 bridgehead atoms. The predicted octanol–water partition coefficient (Wildman–Crippen LogP) is 7.32. The number of rotatable bonds is 8. The van der Waals surface area contributed by atoms with Crippen LogP contribution in [-0.4, -0.2) is 81.7 Å². The third-order valence-electron chi connectivity index (χ3n) is 10.1. The smallest absolute Gasteiger partial charge is 0.419 e. The van der Waals surface area contributed by atoms with Gasteiger partial charge in [-0.25, -0.2) is 6.57 Å². The Bertz CT molecular complexity index is 1450. The van der Waals surface area contributed by atoms with E-state index in [9.17, 15) is 13.2 Å². The van der Waals surface area contributed by atoms with Crippen molar-refractivity contribution < 1.29 is 22.3 Å². The molecule has 0 amide bonds. The summed E-state index contributed by atoms with van der Waals surface area (Å²) in [6, 6.07) is 4.64. The summed E-state index contributed by atoms with van der Waals surface area (Å²) in [6.45, 7) is 22.4. The molecule has 0 unspecified atom stereocenters. The summed E-state index contributed by atoms with van der Waals surface area (Å²) >= 11 is 6.08. The third kappa shape index (κ3) is 7.59. The first-order valence-electron chi connectivity index (χ1n) is 16.2. The number of fused-ring (bicyclic) bond motifs is 1. The molecule has 2 fully saturated rings. The van der Waals surface area contributed by atoms with E-state index in [0.717, 1.165) is 43.7 Å². The van der Waals surface area contributed by atoms with Crippen LogP contribution in [0.25, 0.3) is 4.85 Å². The second-order valence-electron chi connectivity index (χ2n) is 14.5. The van der Waals surface area contributed by atoms with Crippen molar-refractivity contribution in [2.24, 2.45) is 5.92 Å². The number of benzene rings is 1. The van der Waals surface area contributed by atoms with Gasteiger partial charge >= 0.3 is 12.2 Å². The maximum atomic E-state index is 14.1. The molecule has 0 spiro atoms. The molecule has 0 N–H and O–H groups in total. The van der Waals surface area contributed by atoms with Crippen molar-refractivity contribution in [3.05, 3.63) is 51.5 Å². The summed E-state index contributed by atoms with van der Waals surface area (Å²) in [6.07, 6.45) is -1.21. The number of hydrogen-bond donors (Lipinski definition) is 0. The summed E-state index contributed by atoms with van der Waals surface area (Å²) < 4.78 is 55.3. The lowest BCUT2D eigenvalue weighted by Crippen LogP contribution is -2.44. The number of anilines is 2. The van der Waals surface area contributed by atoms with Crippen LogP contribution in [-0.2, 0) is 23.6 Å². The molecule has 3 aliphatic rings. The van der Waals surface area contributed by atoms with Crippen LogP contribution in [0.1, 0.15) is 56.9 Å². The molecule has 2 saturated heterocycles. The number of alkyl halides is 3. The number of hydrogen-bond acceptors (Lipinski definition) is 7. The minimum absolute atomic E-state index is 0.0451. The van der Waals surface area contributed by atoms with Gasteiger partial charge in [-0.05, 0) is 63.0 Å². The van der Waals surface area contributed by atoms with Crippen molar-refractivity contribution in [3.63, 3.8) is 0 Å². The lowest BCUT2D eigenvalue weighted by atomic mass is 9.96. The van der Waals surface area contributed by atoms with Gasteiger partial charge in [-0.15, -0.1) is 0 Å². The fourth-order valence-electron chi connectivity index (χ4n) is 6.59. The molecule has 0 saturated carbocycles. The number of halogens is 4. The molecule has 5 rings (SSSR count). The van der Waals surface area contributed by atoms with Crippen LogP contribution < -0.4 is 14.5 Å². The van der Waals surface area contributed by atoms with Crippen LogP contribution in [0.15, 0.2) is 18.2 Å². The minimum Gasteiger partial charge on any atom is -0.462 e. The maximum Gasteiger partial charge on any atom is 0.419 e. The Morgan fingerprint density at radius 3 is 2.57 bits per heavy atom. The van der Waals surface area contributed by atoms with Crippen molar-refractivity contribution in [2.75, 3.05) is 56.2 Å². The summed E-state index contributed by atoms with van der Waals surface area (Å²) in [5.41, 5.74) is 0.806. The first kappa shape index (κ1) is 34.7. The van der Waals surface area contributed by atoms with Crippen LogP contribution >= 0.6 is 11.6 Å². The first-order valence-corrected chi connectivity index (χ1v) is 19.5. The molecule has 3 aliphatic heterocycles. The van der Waals surface area contributed by atoms with E-state index in [4.69, 9.17) is 37.3 Å². The highest BCUT2D eigenvalue weighted by molar-refractivity contribution is 6.74. The van der Waals surface area contributed by atoms with Crippen molar-refractivity contribution in [1.82, 2.24) is 14.9 Å². The topological polar surface area (TPSA) is 58.3 Å². The van der Waals surface area contributed by atoms with Gasteiger partial charge in [0.05, 0.1) is 34.6 Å². The van der Waals surface area contributed by atoms with Gasteiger partial charge < -0.3 is 23.8 Å². The van der Waals surface area contributed by atoms with Gasteiger partial charge in [-0.2, -0.15) is 23.1 Å². The molecule has 2 aromatic rings. The van der Waals surface area contributed by atoms with Gasteiger partial charge in [0.1, 0.15) is 12.4 Å². The Labute approximate surface area is 277 Å². The number of likely N-dealkylation sites (tertiary alicyclic amines) is 1. The largest absolute Gasteiger partial charge is 0.462 e. The van der Waals surface area contributed by atoms with E-state index in [1.54, 1.807) is 11.0 Å². The SMILES string of the molecule is [C-]#[N+]C[C@@H]1CCCN(c2nc(OC[C@@H]3C[C@@H](O[Si](C)(C)C(C)(C)C)CN3C)nc3c2CCN(c2cccc(Cl)c2C(F)(F)F)C3)C1. The molecule has 46 heavy (non-hydrogen) atoms. The van der Waals surface area contributed by atoms with E-state index in [0.29, 0.717) is 38.4 Å². The highest BCUT2D eigenvalue weighted by atomic mass is 35.5. The number of piperidine rings is 1. The van der Waals surface area contributed by atoms with Crippen LogP contribution in [0.5, 0.6) is 6.01 Å². The van der Waals surface area contributed by atoms with Gasteiger partial charge in [-0.3, -0.25) is 4.90 Å². The lowest BCUT2D eigenvalue weighted by molar-refractivity contribution is -0.137. The molecular formula is C33H46ClF3N6O2Si. The fourth-order valence-corrected chi connectivity index (χ4v) is 8.22. The number of nitrogens with zero attached hydrogens (tertiary/aromatic N) is 6. The lowest BCUT2D eigenvalue weighted by Gasteiger charge is -2.38. The molecule has 8 nitrogen and oxygen atoms in total. The van der Waals surface area contributed by atoms with Gasteiger partial charge in [0.2, 0.25) is 6.54 Å². The molecule has 4 heterocycles. The Kier molecular flexibility index (Phi) is 10.2. The number of aromatic nitrogens is 2. The van der Waals surface area contributed by atoms with Crippen LogP contribution in [0.2, 0.25) is 23.2 Å². The zero-order valence-electron chi connectivity index (χ0n) is 27.8. The summed E-state index contributed by atoms with van der Waals surface area (Å²) in [7, 11) is 0.153. The van der Waals surface area contributed by atoms with Crippen molar-refractivity contribution >= 4 is 31.4 Å². The number of likely N-dealkylation sites (N-methyl/N-ethyl adjacent to an activating group) is 1. The van der Waals surface area contributed by atoms with Crippen LogP contribution in [0.4, 0.5) is 24.7 Å². The van der Waals surface area contributed by atoms with Crippen LogP contribution in [0, 0.1) is 12.5 Å². The Balaban J connectivity index is 1.40. The standard InChI is InChI=1S/C33H46ClF3N6O2Si/c1-32(2,3)46(6,7)45-24-16-23(41(5)19-24)21-44-31-39-27-20-42(28-12-8-11-26(34)29(28)33(35,36)37)15-13-25(27)30(40-31)43-14-9-10-22(18-43)17-38-4/h8,11-12,22-24H,9-10,13-21H2,1-3,5-7H3/t22-,23-,24+/m0/s1. The average molecular weight is 679 g/mol. The first-order chi connectivity index (χ1) is 21.6. The molecule has 1 aromatic carbocycles. The highest BCUT2D eigenvalue weighted by Gasteiger charge is 2.42. The van der Waals surface area contributed by atoms with E-state index >= 15 is 0 Å². The molecule has 0 aliphatic carbocycles. The molecule has 252 valence electrons. The Morgan fingerprint density at radius 2 is 1.87 bits per heavy atom. The van der Waals surface area contributed by atoms with Gasteiger partial charge in [0, 0.05) is 43.7 Å². The van der Waals surface area contributed by atoms with Crippen molar-refractivity contribution in [3.8, 4) is 6.01 Å². The molecule has 1 aromatic heterocycles. The average Bonchev–Trinajstić information content (AvgIpc) is 3.32. The number of ether oxygens (including phenoxy) is 1. The second-order valence-corrected chi connectivity index (χ2v) is 19.7. The van der Waals surface area contributed by atoms with Gasteiger partial charge in [0.15, 0.2) is 8.32 Å². The van der Waals surface area contributed by atoms with E-state index < -0.39 is 20.1 Å². The maximum absolute atomic E-state index is 14.1. The molecule has 0 radical (unpaired) electrons. The summed E-state index contributed by atoms with van der Waals surface area (Å²) in [5, 5.41) is -0.200. The zero-order valence-corrected chi connectivity index (χ0v) is 29.5. The minimum atomic E-state index is -4.59. The Hall–Kier alpha value is -2.59. The van der Waals surface area contributed by atoms with E-state index in [1.165, 1.54) is 12.1 Å². The van der Waals surface area contributed by atoms with E-state index in [-0.39, 0.29) is 46.4 Å².